The lowest BCUT2D eigenvalue weighted by atomic mass is 10.0. The zero-order chi connectivity index (χ0) is 21.8. The second-order valence-electron chi connectivity index (χ2n) is 7.89. The molecule has 2 unspecified atom stereocenters. The minimum atomic E-state index is -3.09. The summed E-state index contributed by atoms with van der Waals surface area (Å²) < 4.78 is 25.6. The van der Waals surface area contributed by atoms with Gasteiger partial charge in [0.05, 0.1) is 34.4 Å². The Hall–Kier alpha value is -2.84. The summed E-state index contributed by atoms with van der Waals surface area (Å²) in [4.78, 5) is 15.2. The number of para-hydroxylation sites is 2. The molecule has 1 saturated heterocycles. The molecular weight excluding hydrogens is 436 g/mol. The summed E-state index contributed by atoms with van der Waals surface area (Å²) in [6.07, 6.45) is -0.103. The minimum absolute atomic E-state index is 0.0234. The summed E-state index contributed by atoms with van der Waals surface area (Å²) in [6.45, 7) is 1.83. The van der Waals surface area contributed by atoms with E-state index in [1.807, 2.05) is 55.5 Å². The van der Waals surface area contributed by atoms with Crippen molar-refractivity contribution < 1.29 is 13.2 Å². The highest BCUT2D eigenvalue weighted by atomic mass is 35.5. The van der Waals surface area contributed by atoms with Gasteiger partial charge in [0.15, 0.2) is 9.84 Å². The average molecular weight is 457 g/mol. The molecule has 0 aliphatic carbocycles. The number of sulfone groups is 1. The van der Waals surface area contributed by atoms with Crippen molar-refractivity contribution in [2.24, 2.45) is 0 Å². The van der Waals surface area contributed by atoms with Crippen molar-refractivity contribution >= 4 is 38.7 Å². The smallest absolute Gasteiger partial charge is 0.262 e. The second kappa shape index (κ2) is 7.39. The van der Waals surface area contributed by atoms with E-state index in [1.54, 1.807) is 15.6 Å². The molecule has 2 atom stereocenters. The molecule has 1 aromatic heterocycles. The first-order valence-corrected chi connectivity index (χ1v) is 12.2. The predicted molar refractivity (Wildman–Crippen MR) is 120 cm³/mol. The van der Waals surface area contributed by atoms with Crippen LogP contribution in [-0.2, 0) is 9.84 Å². The van der Waals surface area contributed by atoms with Crippen LogP contribution in [-0.4, -0.2) is 35.6 Å². The quantitative estimate of drug-likeness (QED) is 0.644. The Morgan fingerprint density at radius 3 is 2.52 bits per heavy atom. The Balaban J connectivity index is 1.64. The maximum atomic E-state index is 13.5. The number of hydrogen-bond acceptors (Lipinski definition) is 5. The minimum Gasteiger partial charge on any atom is -0.360 e. The molecule has 9 heteroatoms. The van der Waals surface area contributed by atoms with Gasteiger partial charge in [0.1, 0.15) is 11.3 Å². The van der Waals surface area contributed by atoms with Crippen molar-refractivity contribution in [1.29, 1.82) is 0 Å². The molecule has 5 rings (SSSR count). The number of aromatic nitrogens is 2. The fraction of sp³-hybridized carbons (Fsp3) is 0.273. The van der Waals surface area contributed by atoms with E-state index in [9.17, 15) is 13.2 Å². The van der Waals surface area contributed by atoms with Crippen LogP contribution in [0.2, 0.25) is 5.15 Å². The van der Waals surface area contributed by atoms with Gasteiger partial charge in [0.25, 0.3) is 5.91 Å². The molecule has 3 aromatic rings. The van der Waals surface area contributed by atoms with Crippen LogP contribution in [0.5, 0.6) is 0 Å². The standard InChI is InChI=1S/C22H21ClN4O3S/c1-14-19(20(23)27(25-14)16-11-12-31(29,30)13-16)21-24-18-10-6-5-9-17(18)22(28)26(21)15-7-3-2-4-8-15/h2-10,16,21,24H,11-13H2,1H3. The number of anilines is 2. The van der Waals surface area contributed by atoms with E-state index in [0.29, 0.717) is 28.4 Å². The first kappa shape index (κ1) is 20.1. The summed E-state index contributed by atoms with van der Waals surface area (Å²) >= 11 is 6.79. The number of aryl methyl sites for hydroxylation is 1. The van der Waals surface area contributed by atoms with Crippen LogP contribution in [0.1, 0.15) is 40.2 Å². The van der Waals surface area contributed by atoms with E-state index < -0.39 is 16.0 Å². The first-order valence-electron chi connectivity index (χ1n) is 10.0. The van der Waals surface area contributed by atoms with Crippen molar-refractivity contribution in [2.75, 3.05) is 21.7 Å². The SMILES string of the molecule is Cc1nn(C2CCS(=O)(=O)C2)c(Cl)c1C1Nc2ccccc2C(=O)N1c1ccccc1. The van der Waals surface area contributed by atoms with Crippen LogP contribution in [0.25, 0.3) is 0 Å². The van der Waals surface area contributed by atoms with Crippen LogP contribution >= 0.6 is 11.6 Å². The van der Waals surface area contributed by atoms with Gasteiger partial charge in [0.2, 0.25) is 0 Å². The van der Waals surface area contributed by atoms with Gasteiger partial charge in [0, 0.05) is 11.4 Å². The molecule has 160 valence electrons. The van der Waals surface area contributed by atoms with Crippen molar-refractivity contribution in [1.82, 2.24) is 9.78 Å². The topological polar surface area (TPSA) is 84.3 Å². The highest BCUT2D eigenvalue weighted by Crippen LogP contribution is 2.41. The highest BCUT2D eigenvalue weighted by molar-refractivity contribution is 7.91. The summed E-state index contributed by atoms with van der Waals surface area (Å²) in [5.74, 6) is 0.0128. The fourth-order valence-electron chi connectivity index (χ4n) is 4.36. The Morgan fingerprint density at radius 2 is 1.81 bits per heavy atom. The normalized spacial score (nSPS) is 22.3. The molecule has 2 aromatic carbocycles. The van der Waals surface area contributed by atoms with Crippen LogP contribution in [0.3, 0.4) is 0 Å². The maximum Gasteiger partial charge on any atom is 0.262 e. The van der Waals surface area contributed by atoms with Crippen LogP contribution < -0.4 is 10.2 Å². The number of halogens is 1. The molecule has 0 bridgehead atoms. The summed E-state index contributed by atoms with van der Waals surface area (Å²) in [7, 11) is -3.09. The van der Waals surface area contributed by atoms with Crippen LogP contribution in [0.4, 0.5) is 11.4 Å². The Bertz CT molecular complexity index is 1270. The molecule has 2 aliphatic heterocycles. The van der Waals surface area contributed by atoms with E-state index in [0.717, 1.165) is 11.4 Å². The van der Waals surface area contributed by atoms with E-state index >= 15 is 0 Å². The number of fused-ring (bicyclic) bond motifs is 1. The largest absolute Gasteiger partial charge is 0.360 e. The molecule has 0 saturated carbocycles. The lowest BCUT2D eigenvalue weighted by molar-refractivity contribution is 0.0975. The van der Waals surface area contributed by atoms with Gasteiger partial charge in [-0.1, -0.05) is 41.9 Å². The molecular formula is C22H21ClN4O3S. The number of benzene rings is 2. The van der Waals surface area contributed by atoms with Gasteiger partial charge in [-0.25, -0.2) is 13.1 Å². The molecule has 1 N–H and O–H groups in total. The molecule has 0 spiro atoms. The molecule has 31 heavy (non-hydrogen) atoms. The molecule has 7 nitrogen and oxygen atoms in total. The Labute approximate surface area is 185 Å². The number of carbonyl (C=O) groups is 1. The van der Waals surface area contributed by atoms with Crippen molar-refractivity contribution in [3.05, 3.63) is 76.6 Å². The Morgan fingerprint density at radius 1 is 1.10 bits per heavy atom. The third-order valence-electron chi connectivity index (χ3n) is 5.86. The maximum absolute atomic E-state index is 13.5. The van der Waals surface area contributed by atoms with E-state index in [1.165, 1.54) is 0 Å². The third kappa shape index (κ3) is 3.40. The van der Waals surface area contributed by atoms with Crippen molar-refractivity contribution in [3.8, 4) is 0 Å². The van der Waals surface area contributed by atoms with Gasteiger partial charge in [-0.2, -0.15) is 5.10 Å². The molecule has 2 aliphatic rings. The highest BCUT2D eigenvalue weighted by Gasteiger charge is 2.39. The molecule has 1 amide bonds. The lowest BCUT2D eigenvalue weighted by Gasteiger charge is -2.38. The Kier molecular flexibility index (Phi) is 4.79. The van der Waals surface area contributed by atoms with Gasteiger partial charge in [-0.3, -0.25) is 9.69 Å². The lowest BCUT2D eigenvalue weighted by Crippen LogP contribution is -2.43. The number of rotatable bonds is 3. The van der Waals surface area contributed by atoms with Gasteiger partial charge in [-0.15, -0.1) is 0 Å². The van der Waals surface area contributed by atoms with Crippen LogP contribution in [0.15, 0.2) is 54.6 Å². The second-order valence-corrected chi connectivity index (χ2v) is 10.5. The van der Waals surface area contributed by atoms with Gasteiger partial charge >= 0.3 is 0 Å². The van der Waals surface area contributed by atoms with E-state index in [-0.39, 0.29) is 23.5 Å². The predicted octanol–water partition coefficient (Wildman–Crippen LogP) is 3.98. The monoisotopic (exact) mass is 456 g/mol. The zero-order valence-corrected chi connectivity index (χ0v) is 18.4. The average Bonchev–Trinajstić information content (AvgIpc) is 3.26. The summed E-state index contributed by atoms with van der Waals surface area (Å²) in [6, 6.07) is 16.4. The number of hydrogen-bond donors (Lipinski definition) is 1. The first-order chi connectivity index (χ1) is 14.9. The summed E-state index contributed by atoms with van der Waals surface area (Å²) in [5.41, 5.74) is 3.34. The van der Waals surface area contributed by atoms with Crippen LogP contribution in [0, 0.1) is 6.92 Å². The number of amides is 1. The van der Waals surface area contributed by atoms with E-state index in [2.05, 4.69) is 10.4 Å². The fourth-order valence-corrected chi connectivity index (χ4v) is 6.47. The van der Waals surface area contributed by atoms with Gasteiger partial charge < -0.3 is 5.32 Å². The van der Waals surface area contributed by atoms with E-state index in [4.69, 9.17) is 11.6 Å². The van der Waals surface area contributed by atoms with Crippen molar-refractivity contribution in [3.63, 3.8) is 0 Å². The molecule has 1 fully saturated rings. The molecule has 3 heterocycles. The number of carbonyl (C=O) groups excluding carboxylic acids is 1. The van der Waals surface area contributed by atoms with Crippen molar-refractivity contribution in [2.45, 2.75) is 25.6 Å². The number of nitrogens with zero attached hydrogens (tertiary/aromatic N) is 3. The molecule has 0 radical (unpaired) electrons. The number of nitrogens with one attached hydrogen (secondary N) is 1. The van der Waals surface area contributed by atoms with Gasteiger partial charge in [-0.05, 0) is 37.6 Å². The summed E-state index contributed by atoms with van der Waals surface area (Å²) in [5, 5.41) is 8.38. The zero-order valence-electron chi connectivity index (χ0n) is 16.8. The third-order valence-corrected chi connectivity index (χ3v) is 7.99.